The number of nitrogens with zero attached hydrogens (tertiary/aromatic N) is 1. The smallest absolute Gasteiger partial charge is 0.340 e. The third-order valence-corrected chi connectivity index (χ3v) is 8.59. The Bertz CT molecular complexity index is 1380. The number of fused-ring (bicyclic) bond motifs is 4. The average molecular weight is 444 g/mol. The molecule has 0 bridgehead atoms. The van der Waals surface area contributed by atoms with Crippen molar-refractivity contribution in [1.82, 2.24) is 4.90 Å². The summed E-state index contributed by atoms with van der Waals surface area (Å²) in [5, 5.41) is 1.85. The highest BCUT2D eigenvalue weighted by Gasteiger charge is 2.33. The van der Waals surface area contributed by atoms with Crippen LogP contribution >= 0.6 is 0 Å². The zero-order valence-electron chi connectivity index (χ0n) is 17.7. The maximum atomic E-state index is 12.8. The first-order valence-electron chi connectivity index (χ1n) is 10.7. The molecule has 3 heterocycles. The average Bonchev–Trinajstić information content (AvgIpc) is 3.28. The Kier molecular flexibility index (Phi) is 4.73. The monoisotopic (exact) mass is 443 g/mol. The molecular weight excluding hydrogens is 418 g/mol. The van der Waals surface area contributed by atoms with Crippen LogP contribution in [0.15, 0.2) is 25.8 Å². The molecule has 5 rings (SSSR count). The van der Waals surface area contributed by atoms with Crippen LogP contribution < -0.4 is 5.63 Å². The summed E-state index contributed by atoms with van der Waals surface area (Å²) in [5.41, 5.74) is 2.91. The van der Waals surface area contributed by atoms with Crippen LogP contribution in [0, 0.1) is 6.92 Å². The van der Waals surface area contributed by atoms with Gasteiger partial charge in [0.1, 0.15) is 16.9 Å². The van der Waals surface area contributed by atoms with Gasteiger partial charge in [0.05, 0.1) is 23.5 Å². The van der Waals surface area contributed by atoms with Crippen LogP contribution in [0.25, 0.3) is 21.9 Å². The molecule has 1 saturated heterocycles. The number of likely N-dealkylation sites (N-methyl/N-ethyl adjacent to an activating group) is 1. The zero-order valence-corrected chi connectivity index (χ0v) is 18.5. The molecule has 2 aromatic heterocycles. The van der Waals surface area contributed by atoms with E-state index in [0.717, 1.165) is 53.4 Å². The number of benzene rings is 1. The minimum Gasteiger partial charge on any atom is -0.461 e. The topological polar surface area (TPSA) is 97.8 Å². The molecule has 1 aliphatic heterocycles. The van der Waals surface area contributed by atoms with E-state index in [2.05, 4.69) is 0 Å². The molecule has 1 atom stereocenters. The third kappa shape index (κ3) is 3.46. The maximum absolute atomic E-state index is 12.8. The molecule has 1 aromatic carbocycles. The fourth-order valence-corrected chi connectivity index (χ4v) is 6.68. The number of carbonyl (C=O) groups is 1. The van der Waals surface area contributed by atoms with Crippen LogP contribution in [-0.2, 0) is 33.9 Å². The van der Waals surface area contributed by atoms with Crippen molar-refractivity contribution in [2.45, 2.75) is 51.5 Å². The van der Waals surface area contributed by atoms with E-state index in [1.165, 1.54) is 10.5 Å². The molecule has 1 amide bonds. The summed E-state index contributed by atoms with van der Waals surface area (Å²) in [6.07, 6.45) is 4.46. The SMILES string of the molecule is Cc1c(CC(=O)N(C)[C@H]2CCS(=O)(=O)C2)c(=O)oc2cc3oc4c(c3cc12)CCCC4. The van der Waals surface area contributed by atoms with E-state index in [1.54, 1.807) is 13.1 Å². The lowest BCUT2D eigenvalue weighted by Crippen LogP contribution is -2.39. The Morgan fingerprint density at radius 3 is 2.61 bits per heavy atom. The van der Waals surface area contributed by atoms with Crippen LogP contribution in [0.2, 0.25) is 0 Å². The van der Waals surface area contributed by atoms with Crippen molar-refractivity contribution >= 4 is 37.7 Å². The van der Waals surface area contributed by atoms with Crippen molar-refractivity contribution in [2.75, 3.05) is 18.6 Å². The summed E-state index contributed by atoms with van der Waals surface area (Å²) in [4.78, 5) is 27.0. The second-order valence-electron chi connectivity index (χ2n) is 8.79. The predicted octanol–water partition coefficient (Wildman–Crippen LogP) is 2.91. The van der Waals surface area contributed by atoms with E-state index in [9.17, 15) is 18.0 Å². The highest BCUT2D eigenvalue weighted by Crippen LogP contribution is 2.35. The summed E-state index contributed by atoms with van der Waals surface area (Å²) >= 11 is 0. The van der Waals surface area contributed by atoms with Crippen LogP contribution in [0.3, 0.4) is 0 Å². The third-order valence-electron chi connectivity index (χ3n) is 6.84. The molecule has 2 aliphatic rings. The quantitative estimate of drug-likeness (QED) is 0.578. The number of carbonyl (C=O) groups excluding carboxylic acids is 1. The van der Waals surface area contributed by atoms with Crippen molar-refractivity contribution < 1.29 is 22.0 Å². The molecule has 8 heteroatoms. The fourth-order valence-electron chi connectivity index (χ4n) is 4.91. The van der Waals surface area contributed by atoms with Gasteiger partial charge in [0.25, 0.3) is 0 Å². The van der Waals surface area contributed by atoms with E-state index in [0.29, 0.717) is 17.6 Å². The van der Waals surface area contributed by atoms with E-state index >= 15 is 0 Å². The van der Waals surface area contributed by atoms with E-state index in [4.69, 9.17) is 8.83 Å². The first kappa shape index (κ1) is 20.3. The van der Waals surface area contributed by atoms with Crippen molar-refractivity contribution in [2.24, 2.45) is 0 Å². The first-order chi connectivity index (χ1) is 14.7. The second-order valence-corrected chi connectivity index (χ2v) is 11.0. The molecule has 1 aliphatic carbocycles. The van der Waals surface area contributed by atoms with E-state index < -0.39 is 15.5 Å². The molecule has 164 valence electrons. The summed E-state index contributed by atoms with van der Waals surface area (Å²) in [5.74, 6) is 0.806. The second kappa shape index (κ2) is 7.22. The van der Waals surface area contributed by atoms with Gasteiger partial charge in [0.15, 0.2) is 9.84 Å². The highest BCUT2D eigenvalue weighted by atomic mass is 32.2. The number of hydrogen-bond acceptors (Lipinski definition) is 6. The minimum atomic E-state index is -3.10. The van der Waals surface area contributed by atoms with Crippen molar-refractivity contribution in [3.63, 3.8) is 0 Å². The molecule has 0 N–H and O–H groups in total. The lowest BCUT2D eigenvalue weighted by Gasteiger charge is -2.23. The minimum absolute atomic E-state index is 0.0237. The van der Waals surface area contributed by atoms with Gasteiger partial charge in [-0.2, -0.15) is 0 Å². The number of amides is 1. The molecular formula is C23H25NO6S. The van der Waals surface area contributed by atoms with E-state index in [-0.39, 0.29) is 29.9 Å². The molecule has 3 aromatic rings. The highest BCUT2D eigenvalue weighted by molar-refractivity contribution is 7.91. The van der Waals surface area contributed by atoms with Crippen molar-refractivity contribution in [1.29, 1.82) is 0 Å². The molecule has 1 fully saturated rings. The number of furan rings is 1. The number of rotatable bonds is 3. The normalized spacial score (nSPS) is 20.3. The molecule has 0 saturated carbocycles. The molecule has 0 radical (unpaired) electrons. The Balaban J connectivity index is 1.52. The summed E-state index contributed by atoms with van der Waals surface area (Å²) in [6.45, 7) is 1.83. The number of aryl methyl sites for hydroxylation is 3. The van der Waals surface area contributed by atoms with Gasteiger partial charge in [-0.1, -0.05) is 0 Å². The Morgan fingerprint density at radius 2 is 1.87 bits per heavy atom. The summed E-state index contributed by atoms with van der Waals surface area (Å²) < 4.78 is 35.1. The standard InChI is InChI=1S/C23H25NO6S/c1-13-16-9-18-15-5-3-4-6-19(15)29-21(18)11-20(16)30-23(26)17(13)10-22(25)24(2)14-7-8-31(27,28)12-14/h9,11,14H,3-8,10,12H2,1-2H3/t14-/m0/s1. The lowest BCUT2D eigenvalue weighted by atomic mass is 9.94. The van der Waals surface area contributed by atoms with Gasteiger partial charge in [-0.05, 0) is 44.2 Å². The van der Waals surface area contributed by atoms with Crippen molar-refractivity contribution in [3.8, 4) is 0 Å². The zero-order chi connectivity index (χ0) is 21.9. The van der Waals surface area contributed by atoms with Crippen LogP contribution in [0.1, 0.15) is 41.7 Å². The number of hydrogen-bond donors (Lipinski definition) is 0. The fraction of sp³-hybridized carbons (Fsp3) is 0.478. The Hall–Kier alpha value is -2.61. The molecule has 31 heavy (non-hydrogen) atoms. The van der Waals surface area contributed by atoms with Gasteiger partial charge >= 0.3 is 5.63 Å². The van der Waals surface area contributed by atoms with Gasteiger partial charge in [-0.25, -0.2) is 13.2 Å². The molecule has 0 unspecified atom stereocenters. The first-order valence-corrected chi connectivity index (χ1v) is 12.5. The van der Waals surface area contributed by atoms with Crippen LogP contribution in [-0.4, -0.2) is 43.8 Å². The van der Waals surface area contributed by atoms with Gasteiger partial charge in [-0.15, -0.1) is 0 Å². The number of sulfone groups is 1. The predicted molar refractivity (Wildman–Crippen MR) is 117 cm³/mol. The van der Waals surface area contributed by atoms with Crippen LogP contribution in [0.5, 0.6) is 0 Å². The summed E-state index contributed by atoms with van der Waals surface area (Å²) in [6, 6.07) is 3.44. The van der Waals surface area contributed by atoms with Crippen molar-refractivity contribution in [3.05, 3.63) is 45.0 Å². The summed E-state index contributed by atoms with van der Waals surface area (Å²) in [7, 11) is -1.49. The maximum Gasteiger partial charge on any atom is 0.340 e. The Morgan fingerprint density at radius 1 is 1.13 bits per heavy atom. The van der Waals surface area contributed by atoms with E-state index in [1.807, 2.05) is 13.0 Å². The Labute approximate surface area is 179 Å². The van der Waals surface area contributed by atoms with Gasteiger partial charge in [0, 0.05) is 41.9 Å². The van der Waals surface area contributed by atoms with Gasteiger partial charge in [0.2, 0.25) is 5.91 Å². The molecule has 0 spiro atoms. The van der Waals surface area contributed by atoms with Gasteiger partial charge in [-0.3, -0.25) is 4.79 Å². The van der Waals surface area contributed by atoms with Gasteiger partial charge < -0.3 is 13.7 Å². The lowest BCUT2D eigenvalue weighted by molar-refractivity contribution is -0.130. The largest absolute Gasteiger partial charge is 0.461 e. The van der Waals surface area contributed by atoms with Crippen LogP contribution in [0.4, 0.5) is 0 Å². The molecule has 7 nitrogen and oxygen atoms in total.